The van der Waals surface area contributed by atoms with E-state index in [2.05, 4.69) is 79.5 Å². The van der Waals surface area contributed by atoms with Gasteiger partial charge in [-0.2, -0.15) is 0 Å². The van der Waals surface area contributed by atoms with E-state index in [1.807, 2.05) is 27.7 Å². The molecule has 3 aromatic carbocycles. The van der Waals surface area contributed by atoms with Crippen molar-refractivity contribution in [3.8, 4) is 11.3 Å². The fourth-order valence-electron chi connectivity index (χ4n) is 6.42. The monoisotopic (exact) mass is 966 g/mol. The van der Waals surface area contributed by atoms with Crippen molar-refractivity contribution < 1.29 is 30.0 Å². The van der Waals surface area contributed by atoms with Gasteiger partial charge in [-0.25, -0.2) is 0 Å². The number of aromatic nitrogens is 2. The van der Waals surface area contributed by atoms with Gasteiger partial charge in [-0.3, -0.25) is 4.79 Å². The van der Waals surface area contributed by atoms with Gasteiger partial charge in [0.25, 0.3) is 0 Å². The Bertz CT molecular complexity index is 2240. The van der Waals surface area contributed by atoms with Crippen LogP contribution >= 0.6 is 11.3 Å². The van der Waals surface area contributed by atoms with Gasteiger partial charge < -0.3 is 5.11 Å². The molecular weight excluding hydrogens is 923 g/mol. The van der Waals surface area contributed by atoms with E-state index in [0.717, 1.165) is 42.5 Å². The number of carbonyl (C=O) groups excluding carboxylic acids is 1. The summed E-state index contributed by atoms with van der Waals surface area (Å²) in [6, 6.07) is 23.7. The third-order valence-electron chi connectivity index (χ3n) is 9.19. The van der Waals surface area contributed by atoms with Crippen LogP contribution in [0.5, 0.6) is 0 Å². The summed E-state index contributed by atoms with van der Waals surface area (Å²) in [5, 5.41) is 15.4. The molecule has 0 fully saturated rings. The smallest absolute Gasteiger partial charge is 0.162 e. The van der Waals surface area contributed by atoms with Gasteiger partial charge in [-0.05, 0) is 25.7 Å². The molecule has 0 bridgehead atoms. The summed E-state index contributed by atoms with van der Waals surface area (Å²) in [6.45, 7) is 12.7. The Morgan fingerprint density at radius 1 is 0.896 bits per heavy atom. The molecule has 0 aliphatic carbocycles. The SMILES string of the molecule is CC(C)c1cc(-c2ncnc3c2sc2ccccc23)[c-]c2[se]c3[se]c4ccccc4c3c12.CCC(CC)C(=O)/C=C(\O)C(CC)CC.[Ir]. The second-order valence-electron chi connectivity index (χ2n) is 12.4. The van der Waals surface area contributed by atoms with E-state index in [4.69, 9.17) is 4.98 Å². The topological polar surface area (TPSA) is 63.1 Å². The molecule has 0 atom stereocenters. The molecule has 0 amide bonds. The summed E-state index contributed by atoms with van der Waals surface area (Å²) in [5.41, 5.74) is 4.63. The Hall–Kier alpha value is -2.40. The van der Waals surface area contributed by atoms with Gasteiger partial charge in [-0.15, -0.1) is 0 Å². The zero-order chi connectivity index (χ0) is 33.2. The Balaban J connectivity index is 0.000000243. The number of hydrogen-bond donors (Lipinski definition) is 1. The summed E-state index contributed by atoms with van der Waals surface area (Å²) in [4.78, 5) is 21.1. The van der Waals surface area contributed by atoms with Crippen LogP contribution in [0.4, 0.5) is 0 Å². The van der Waals surface area contributed by atoms with Crippen LogP contribution in [0.25, 0.3) is 59.4 Å². The van der Waals surface area contributed by atoms with Gasteiger partial charge in [0.05, 0.1) is 5.76 Å². The first-order chi connectivity index (χ1) is 22.8. The largest absolute Gasteiger partial charge is 0.512 e. The minimum atomic E-state index is 0. The van der Waals surface area contributed by atoms with Crippen molar-refractivity contribution in [2.75, 3.05) is 0 Å². The first-order valence-electron chi connectivity index (χ1n) is 16.7. The number of hydrogen-bond acceptors (Lipinski definition) is 5. The number of fused-ring (bicyclic) bond motifs is 8. The van der Waals surface area contributed by atoms with Crippen LogP contribution in [0, 0.1) is 17.9 Å². The predicted molar refractivity (Wildman–Crippen MR) is 204 cm³/mol. The molecule has 4 nitrogen and oxygen atoms in total. The number of rotatable bonds is 9. The summed E-state index contributed by atoms with van der Waals surface area (Å²) < 4.78 is 7.05. The van der Waals surface area contributed by atoms with Crippen LogP contribution in [0.3, 0.4) is 0 Å². The quantitative estimate of drug-likeness (QED) is 0.0678. The van der Waals surface area contributed by atoms with Crippen molar-refractivity contribution in [2.24, 2.45) is 11.8 Å². The fraction of sp³-hybridized carbons (Fsp3) is 0.325. The zero-order valence-electron chi connectivity index (χ0n) is 28.2. The van der Waals surface area contributed by atoms with Gasteiger partial charge >= 0.3 is 202 Å². The Labute approximate surface area is 312 Å². The molecule has 4 aromatic heterocycles. The molecule has 0 spiro atoms. The number of benzene rings is 3. The number of aliphatic hydroxyl groups excluding tert-OH is 1. The van der Waals surface area contributed by atoms with E-state index in [1.54, 1.807) is 25.1 Å². The molecule has 0 saturated heterocycles. The molecule has 1 N–H and O–H groups in total. The van der Waals surface area contributed by atoms with Crippen molar-refractivity contribution in [1.29, 1.82) is 0 Å². The Kier molecular flexibility index (Phi) is 12.4. The molecule has 48 heavy (non-hydrogen) atoms. The van der Waals surface area contributed by atoms with Gasteiger partial charge in [0, 0.05) is 38.0 Å². The van der Waals surface area contributed by atoms with E-state index in [0.29, 0.717) is 34.9 Å². The summed E-state index contributed by atoms with van der Waals surface area (Å²) >= 11 is 2.58. The molecule has 0 aliphatic heterocycles. The van der Waals surface area contributed by atoms with Crippen molar-refractivity contribution in [2.45, 2.75) is 73.1 Å². The molecule has 1 radical (unpaired) electrons. The minimum absolute atomic E-state index is 0. The van der Waals surface area contributed by atoms with E-state index in [-0.39, 0.29) is 43.5 Å². The van der Waals surface area contributed by atoms with Crippen LogP contribution in [-0.4, -0.2) is 49.9 Å². The normalized spacial score (nSPS) is 12.1. The number of aliphatic hydroxyl groups is 1. The molecule has 7 rings (SSSR count). The summed E-state index contributed by atoms with van der Waals surface area (Å²) in [5.74, 6) is 0.992. The second-order valence-corrected chi connectivity index (χ2v) is 19.1. The molecular formula is C40H41IrN2O2SSe2-. The van der Waals surface area contributed by atoms with Crippen LogP contribution in [0.15, 0.2) is 72.8 Å². The average Bonchev–Trinajstić information content (AvgIpc) is 3.75. The van der Waals surface area contributed by atoms with Crippen molar-refractivity contribution in [3.63, 3.8) is 0 Å². The zero-order valence-corrected chi connectivity index (χ0v) is 34.9. The van der Waals surface area contributed by atoms with Gasteiger partial charge in [0.2, 0.25) is 0 Å². The molecule has 0 aliphatic rings. The van der Waals surface area contributed by atoms with Gasteiger partial charge in [0.15, 0.2) is 5.78 Å². The third-order valence-corrected chi connectivity index (χ3v) is 16.1. The maximum absolute atomic E-state index is 11.7. The summed E-state index contributed by atoms with van der Waals surface area (Å²) in [7, 11) is 0. The maximum Gasteiger partial charge on any atom is 0.162 e. The number of carbonyl (C=O) groups is 1. The van der Waals surface area contributed by atoms with E-state index >= 15 is 0 Å². The average molecular weight is 964 g/mol. The molecule has 8 heteroatoms. The molecule has 0 unspecified atom stereocenters. The number of allylic oxidation sites excluding steroid dienone is 2. The first-order valence-corrected chi connectivity index (χ1v) is 20.9. The van der Waals surface area contributed by atoms with Gasteiger partial charge in [0.1, 0.15) is 0 Å². The standard InChI is InChI=1S/C27H17N2SSe2.C13H24O2.Ir/c1-14(2)18-11-15(24-26-25(29-13-28-24)16-7-3-5-9-19(16)30-26)12-21-22(18)23-17-8-4-6-10-20(17)31-27(23)32-21;1-5-10(6-2)12(14)9-13(15)11(7-3)8-4;/h3-11,13-14H,1-2H3;9-11,14H,5-8H2,1-4H3;/q-1;;/b;12-9-;. The molecule has 0 saturated carbocycles. The predicted octanol–water partition coefficient (Wildman–Crippen LogP) is 10.9. The van der Waals surface area contributed by atoms with Gasteiger partial charge in [-0.1, -0.05) is 27.7 Å². The van der Waals surface area contributed by atoms with Crippen LogP contribution in [-0.2, 0) is 24.9 Å². The fourth-order valence-corrected chi connectivity index (χ4v) is 14.0. The first kappa shape index (κ1) is 36.9. The maximum atomic E-state index is 11.7. The van der Waals surface area contributed by atoms with Crippen LogP contribution < -0.4 is 0 Å². The molecule has 7 aromatic rings. The van der Waals surface area contributed by atoms with E-state index in [1.165, 1.54) is 46.8 Å². The van der Waals surface area contributed by atoms with Crippen molar-refractivity contribution >= 4 is 94.2 Å². The molecule has 4 heterocycles. The van der Waals surface area contributed by atoms with Crippen LogP contribution in [0.1, 0.15) is 78.7 Å². The number of nitrogens with zero attached hydrogens (tertiary/aromatic N) is 2. The Morgan fingerprint density at radius 2 is 1.56 bits per heavy atom. The van der Waals surface area contributed by atoms with Crippen LogP contribution in [0.2, 0.25) is 0 Å². The number of thiophene rings is 1. The second kappa shape index (κ2) is 16.1. The minimum Gasteiger partial charge on any atom is -0.512 e. The van der Waals surface area contributed by atoms with Crippen molar-refractivity contribution in [1.82, 2.24) is 9.97 Å². The van der Waals surface area contributed by atoms with E-state index in [9.17, 15) is 9.90 Å². The van der Waals surface area contributed by atoms with E-state index < -0.39 is 0 Å². The molecule has 251 valence electrons. The Morgan fingerprint density at radius 3 is 2.25 bits per heavy atom. The van der Waals surface area contributed by atoms with Crippen molar-refractivity contribution in [3.05, 3.63) is 84.4 Å². The number of ketones is 1. The summed E-state index contributed by atoms with van der Waals surface area (Å²) in [6.07, 6.45) is 6.62. The third kappa shape index (κ3) is 7.09.